The first-order valence-electron chi connectivity index (χ1n) is 9.62. The lowest BCUT2D eigenvalue weighted by atomic mass is 9.90. The second kappa shape index (κ2) is 13.8. The lowest BCUT2D eigenvalue weighted by Gasteiger charge is -2.21. The van der Waals surface area contributed by atoms with Crippen LogP contribution in [0.3, 0.4) is 0 Å². The van der Waals surface area contributed by atoms with Crippen molar-refractivity contribution >= 4 is 50.8 Å². The summed E-state index contributed by atoms with van der Waals surface area (Å²) in [6.45, 7) is 9.05. The molecule has 7 nitrogen and oxygen atoms in total. The number of hydrogen-bond donors (Lipinski definition) is 4. The molecule has 0 saturated heterocycles. The quantitative estimate of drug-likeness (QED) is 0.365. The third kappa shape index (κ3) is 9.62. The number of nitrogens with one attached hydrogen (secondary N) is 2. The van der Waals surface area contributed by atoms with Crippen LogP contribution in [0.25, 0.3) is 0 Å². The molecule has 1 aromatic carbocycles. The number of aliphatic imine (C=N–C) groups is 1. The van der Waals surface area contributed by atoms with Gasteiger partial charge in [0.05, 0.1) is 24.6 Å². The van der Waals surface area contributed by atoms with E-state index in [4.69, 9.17) is 33.4 Å². The molecule has 31 heavy (non-hydrogen) atoms. The summed E-state index contributed by atoms with van der Waals surface area (Å²) in [7, 11) is -2.25. The number of nitrogens with zero attached hydrogens (tertiary/aromatic N) is 1. The Morgan fingerprint density at radius 2 is 1.87 bits per heavy atom. The van der Waals surface area contributed by atoms with Gasteiger partial charge in [0.15, 0.2) is 0 Å². The van der Waals surface area contributed by atoms with Crippen LogP contribution >= 0.6 is 23.2 Å². The molecule has 0 spiro atoms. The highest BCUT2D eigenvalue weighted by molar-refractivity contribution is 7.97. The van der Waals surface area contributed by atoms with Gasteiger partial charge >= 0.3 is 0 Å². The van der Waals surface area contributed by atoms with Crippen LogP contribution in [0.4, 0.5) is 11.4 Å². The number of anilines is 2. The van der Waals surface area contributed by atoms with Gasteiger partial charge in [-0.05, 0) is 44.9 Å². The molecule has 0 atom stereocenters. The van der Waals surface area contributed by atoms with Crippen molar-refractivity contribution in [3.8, 4) is 0 Å². The maximum Gasteiger partial charge on any atom is 0.263 e. The van der Waals surface area contributed by atoms with Gasteiger partial charge in [0, 0.05) is 34.9 Å². The number of rotatable bonds is 9. The maximum absolute atomic E-state index is 12.4. The van der Waals surface area contributed by atoms with Gasteiger partial charge in [-0.1, -0.05) is 43.1 Å². The molecular formula is C21H33Cl2N3O4S. The smallest absolute Gasteiger partial charge is 0.263 e. The Kier molecular flexibility index (Phi) is 13.0. The Labute approximate surface area is 195 Å². The summed E-state index contributed by atoms with van der Waals surface area (Å²) < 4.78 is 27.4. The van der Waals surface area contributed by atoms with Crippen LogP contribution in [0, 0.1) is 12.3 Å². The van der Waals surface area contributed by atoms with Gasteiger partial charge in [-0.2, -0.15) is 0 Å². The SMILES string of the molecule is C/C=C(\C=NC)S(=O)(=O)Nc1ccc(Cl)c(C)c1N/C=C(\C)Cl.CCC(C)(CO)CO. The summed E-state index contributed by atoms with van der Waals surface area (Å²) in [6, 6.07) is 3.21. The van der Waals surface area contributed by atoms with E-state index >= 15 is 0 Å². The standard InChI is InChI=1S/C15H19Cl2N3O2S.C6H14O2/c1-5-12(9-18-4)23(21,22)20-14-7-6-13(17)11(3)15(14)19-8-10(2)16;1-3-6(2,4-7)5-8/h5-9,19-20H,1-4H3;7-8H,3-5H2,1-2H3/b10-8+,12-5+,18-9?;. The summed E-state index contributed by atoms with van der Waals surface area (Å²) in [5, 5.41) is 21.3. The summed E-state index contributed by atoms with van der Waals surface area (Å²) in [5.41, 5.74) is 1.34. The van der Waals surface area contributed by atoms with Crippen molar-refractivity contribution in [2.24, 2.45) is 10.4 Å². The zero-order chi connectivity index (χ0) is 24.2. The van der Waals surface area contributed by atoms with Crippen LogP contribution in [0.2, 0.25) is 5.02 Å². The Morgan fingerprint density at radius 3 is 2.26 bits per heavy atom. The van der Waals surface area contributed by atoms with Crippen LogP contribution in [-0.2, 0) is 10.0 Å². The van der Waals surface area contributed by atoms with Crippen molar-refractivity contribution in [3.63, 3.8) is 0 Å². The molecule has 0 radical (unpaired) electrons. The average molecular weight is 494 g/mol. The first-order valence-corrected chi connectivity index (χ1v) is 11.9. The number of benzene rings is 1. The van der Waals surface area contributed by atoms with Crippen molar-refractivity contribution in [2.45, 2.75) is 41.0 Å². The Balaban J connectivity index is 0.000000954. The van der Waals surface area contributed by atoms with Crippen molar-refractivity contribution in [1.82, 2.24) is 0 Å². The summed E-state index contributed by atoms with van der Waals surface area (Å²) in [5.74, 6) is 0. The van der Waals surface area contributed by atoms with E-state index in [1.165, 1.54) is 19.3 Å². The van der Waals surface area contributed by atoms with Crippen molar-refractivity contribution < 1.29 is 18.6 Å². The molecule has 0 aliphatic carbocycles. The third-order valence-electron chi connectivity index (χ3n) is 4.53. The number of aliphatic hydroxyl groups is 2. The van der Waals surface area contributed by atoms with E-state index in [1.807, 2.05) is 13.8 Å². The number of aliphatic hydroxyl groups excluding tert-OH is 2. The lowest BCUT2D eigenvalue weighted by Crippen LogP contribution is -2.24. The highest BCUT2D eigenvalue weighted by atomic mass is 35.5. The van der Waals surface area contributed by atoms with E-state index < -0.39 is 10.0 Å². The molecule has 0 fully saturated rings. The molecule has 0 bridgehead atoms. The van der Waals surface area contributed by atoms with Crippen LogP contribution in [0.15, 0.2) is 39.3 Å². The van der Waals surface area contributed by atoms with Crippen LogP contribution < -0.4 is 10.0 Å². The molecule has 0 aromatic heterocycles. The van der Waals surface area contributed by atoms with Gasteiger partial charge in [-0.3, -0.25) is 9.71 Å². The predicted octanol–water partition coefficient (Wildman–Crippen LogP) is 4.89. The highest BCUT2D eigenvalue weighted by Gasteiger charge is 2.19. The molecule has 0 aliphatic heterocycles. The van der Waals surface area contributed by atoms with Gasteiger partial charge in [0.1, 0.15) is 4.91 Å². The first kappa shape index (κ1) is 29.4. The zero-order valence-electron chi connectivity index (χ0n) is 18.8. The van der Waals surface area contributed by atoms with E-state index in [1.54, 1.807) is 39.1 Å². The fourth-order valence-electron chi connectivity index (χ4n) is 2.03. The van der Waals surface area contributed by atoms with Gasteiger partial charge < -0.3 is 15.5 Å². The fourth-order valence-corrected chi connectivity index (χ4v) is 3.38. The topological polar surface area (TPSA) is 111 Å². The number of hydrogen-bond acceptors (Lipinski definition) is 6. The molecule has 0 unspecified atom stereocenters. The van der Waals surface area contributed by atoms with E-state index in [0.29, 0.717) is 27.0 Å². The molecule has 4 N–H and O–H groups in total. The second-order valence-electron chi connectivity index (χ2n) is 7.13. The Bertz CT molecular complexity index is 897. The second-order valence-corrected chi connectivity index (χ2v) is 9.82. The molecule has 1 aromatic rings. The van der Waals surface area contributed by atoms with Crippen LogP contribution in [0.5, 0.6) is 0 Å². The minimum atomic E-state index is -3.75. The van der Waals surface area contributed by atoms with Crippen molar-refractivity contribution in [3.05, 3.63) is 44.9 Å². The normalized spacial score (nSPS) is 13.1. The zero-order valence-corrected chi connectivity index (χ0v) is 21.2. The average Bonchev–Trinajstić information content (AvgIpc) is 2.73. The van der Waals surface area contributed by atoms with E-state index in [0.717, 1.165) is 6.42 Å². The highest BCUT2D eigenvalue weighted by Crippen LogP contribution is 2.33. The minimum absolute atomic E-state index is 0.0694. The van der Waals surface area contributed by atoms with Gasteiger partial charge in [0.25, 0.3) is 10.0 Å². The number of allylic oxidation sites excluding steroid dienone is 3. The molecule has 1 rings (SSSR count). The summed E-state index contributed by atoms with van der Waals surface area (Å²) in [4.78, 5) is 3.82. The van der Waals surface area contributed by atoms with E-state index in [2.05, 4.69) is 15.0 Å². The maximum atomic E-state index is 12.4. The fraction of sp³-hybridized carbons (Fsp3) is 0.476. The predicted molar refractivity (Wildman–Crippen MR) is 133 cm³/mol. The largest absolute Gasteiger partial charge is 0.396 e. The number of sulfonamides is 1. The Morgan fingerprint density at radius 1 is 1.29 bits per heavy atom. The van der Waals surface area contributed by atoms with E-state index in [-0.39, 0.29) is 23.5 Å². The van der Waals surface area contributed by atoms with Gasteiger partial charge in [-0.15, -0.1) is 0 Å². The first-order chi connectivity index (χ1) is 14.4. The van der Waals surface area contributed by atoms with E-state index in [9.17, 15) is 8.42 Å². The third-order valence-corrected chi connectivity index (χ3v) is 6.50. The lowest BCUT2D eigenvalue weighted by molar-refractivity contribution is 0.0670. The summed E-state index contributed by atoms with van der Waals surface area (Å²) >= 11 is 11.9. The molecule has 0 amide bonds. The number of halogens is 2. The molecule has 10 heteroatoms. The monoisotopic (exact) mass is 493 g/mol. The van der Waals surface area contributed by atoms with Gasteiger partial charge in [-0.25, -0.2) is 8.42 Å². The minimum Gasteiger partial charge on any atom is -0.396 e. The van der Waals surface area contributed by atoms with Crippen LogP contribution in [0.1, 0.15) is 39.7 Å². The molecule has 0 heterocycles. The molecule has 0 saturated carbocycles. The van der Waals surface area contributed by atoms with Crippen molar-refractivity contribution in [1.29, 1.82) is 0 Å². The summed E-state index contributed by atoms with van der Waals surface area (Å²) in [6.07, 6.45) is 5.12. The Hall–Kier alpha value is -1.58. The van der Waals surface area contributed by atoms with Crippen molar-refractivity contribution in [2.75, 3.05) is 30.3 Å². The molecular weight excluding hydrogens is 461 g/mol. The molecule has 0 aliphatic rings. The van der Waals surface area contributed by atoms with Gasteiger partial charge in [0.2, 0.25) is 0 Å². The van der Waals surface area contributed by atoms with Crippen LogP contribution in [-0.4, -0.2) is 45.1 Å². The molecule has 176 valence electrons.